The maximum atomic E-state index is 5.65. The summed E-state index contributed by atoms with van der Waals surface area (Å²) in [5.41, 5.74) is 6.53. The average molecular weight is 235 g/mol. The summed E-state index contributed by atoms with van der Waals surface area (Å²) in [6.45, 7) is 4.62. The van der Waals surface area contributed by atoms with Crippen LogP contribution in [0, 0.1) is 12.8 Å². The van der Waals surface area contributed by atoms with Gasteiger partial charge in [0.1, 0.15) is 5.76 Å². The number of hydrogen-bond donors (Lipinski definition) is 1. The SMILES string of the molecule is CCC(CN)Cc1nc(-c2ccoc2C)no1. The van der Waals surface area contributed by atoms with Gasteiger partial charge in [-0.3, -0.25) is 0 Å². The predicted octanol–water partition coefficient (Wildman–Crippen LogP) is 2.17. The molecule has 0 fully saturated rings. The molecule has 2 heterocycles. The molecule has 0 aliphatic carbocycles. The maximum absolute atomic E-state index is 5.65. The van der Waals surface area contributed by atoms with Gasteiger partial charge in [0.15, 0.2) is 0 Å². The van der Waals surface area contributed by atoms with Gasteiger partial charge in [0.05, 0.1) is 11.8 Å². The summed E-state index contributed by atoms with van der Waals surface area (Å²) in [6, 6.07) is 1.84. The number of aryl methyl sites for hydroxylation is 1. The van der Waals surface area contributed by atoms with E-state index in [0.29, 0.717) is 24.2 Å². The van der Waals surface area contributed by atoms with Crippen LogP contribution in [0.2, 0.25) is 0 Å². The van der Waals surface area contributed by atoms with Gasteiger partial charge in [-0.15, -0.1) is 0 Å². The zero-order valence-electron chi connectivity index (χ0n) is 10.1. The van der Waals surface area contributed by atoms with Crippen molar-refractivity contribution in [2.24, 2.45) is 11.7 Å². The van der Waals surface area contributed by atoms with Crippen LogP contribution in [0.25, 0.3) is 11.4 Å². The number of rotatable bonds is 5. The first-order valence-electron chi connectivity index (χ1n) is 5.81. The Labute approximate surface area is 100.0 Å². The Balaban J connectivity index is 2.14. The van der Waals surface area contributed by atoms with E-state index in [4.69, 9.17) is 14.7 Å². The highest BCUT2D eigenvalue weighted by Gasteiger charge is 2.15. The molecule has 0 aliphatic rings. The molecule has 0 radical (unpaired) electrons. The largest absolute Gasteiger partial charge is 0.469 e. The lowest BCUT2D eigenvalue weighted by molar-refractivity contribution is 0.350. The van der Waals surface area contributed by atoms with Crippen molar-refractivity contribution >= 4 is 0 Å². The number of nitrogens with zero attached hydrogens (tertiary/aromatic N) is 2. The second kappa shape index (κ2) is 5.14. The fraction of sp³-hybridized carbons (Fsp3) is 0.500. The molecular formula is C12H17N3O2. The van der Waals surface area contributed by atoms with E-state index in [9.17, 15) is 0 Å². The fourth-order valence-corrected chi connectivity index (χ4v) is 1.71. The third-order valence-electron chi connectivity index (χ3n) is 2.94. The van der Waals surface area contributed by atoms with Gasteiger partial charge in [-0.2, -0.15) is 4.98 Å². The topological polar surface area (TPSA) is 78.1 Å². The van der Waals surface area contributed by atoms with Crippen molar-refractivity contribution < 1.29 is 8.94 Å². The summed E-state index contributed by atoms with van der Waals surface area (Å²) in [6.07, 6.45) is 3.37. The van der Waals surface area contributed by atoms with Crippen LogP contribution in [-0.2, 0) is 6.42 Å². The summed E-state index contributed by atoms with van der Waals surface area (Å²) in [5.74, 6) is 2.41. The predicted molar refractivity (Wildman–Crippen MR) is 63.3 cm³/mol. The molecule has 92 valence electrons. The molecular weight excluding hydrogens is 218 g/mol. The van der Waals surface area contributed by atoms with Crippen LogP contribution >= 0.6 is 0 Å². The summed E-state index contributed by atoms with van der Waals surface area (Å²) >= 11 is 0. The van der Waals surface area contributed by atoms with E-state index in [2.05, 4.69) is 17.1 Å². The highest BCUT2D eigenvalue weighted by Crippen LogP contribution is 2.21. The van der Waals surface area contributed by atoms with Crippen LogP contribution in [0.5, 0.6) is 0 Å². The van der Waals surface area contributed by atoms with Crippen molar-refractivity contribution in [2.45, 2.75) is 26.7 Å². The third kappa shape index (κ3) is 2.55. The lowest BCUT2D eigenvalue weighted by Gasteiger charge is -2.07. The second-order valence-electron chi connectivity index (χ2n) is 4.12. The fourth-order valence-electron chi connectivity index (χ4n) is 1.71. The Hall–Kier alpha value is -1.62. The van der Waals surface area contributed by atoms with Gasteiger partial charge in [0.2, 0.25) is 11.7 Å². The first-order valence-corrected chi connectivity index (χ1v) is 5.81. The Morgan fingerprint density at radius 2 is 2.29 bits per heavy atom. The minimum atomic E-state index is 0.397. The molecule has 0 saturated carbocycles. The van der Waals surface area contributed by atoms with Crippen LogP contribution in [0.15, 0.2) is 21.3 Å². The zero-order chi connectivity index (χ0) is 12.3. The van der Waals surface area contributed by atoms with Crippen molar-refractivity contribution in [3.05, 3.63) is 24.0 Å². The molecule has 0 aliphatic heterocycles. The summed E-state index contributed by atoms with van der Waals surface area (Å²) in [5, 5.41) is 3.95. The molecule has 2 rings (SSSR count). The molecule has 2 aromatic heterocycles. The quantitative estimate of drug-likeness (QED) is 0.859. The lowest BCUT2D eigenvalue weighted by atomic mass is 10.0. The average Bonchev–Trinajstić information content (AvgIpc) is 2.94. The highest BCUT2D eigenvalue weighted by molar-refractivity contribution is 5.55. The number of aromatic nitrogens is 2. The molecule has 1 unspecified atom stereocenters. The van der Waals surface area contributed by atoms with Gasteiger partial charge < -0.3 is 14.7 Å². The molecule has 0 bridgehead atoms. The van der Waals surface area contributed by atoms with Gasteiger partial charge in [0, 0.05) is 6.42 Å². The summed E-state index contributed by atoms with van der Waals surface area (Å²) in [7, 11) is 0. The van der Waals surface area contributed by atoms with Gasteiger partial charge >= 0.3 is 0 Å². The Kier molecular flexibility index (Phi) is 3.58. The number of nitrogens with two attached hydrogens (primary N) is 1. The van der Waals surface area contributed by atoms with E-state index in [1.807, 2.05) is 13.0 Å². The van der Waals surface area contributed by atoms with Crippen molar-refractivity contribution in [3.63, 3.8) is 0 Å². The standard InChI is InChI=1S/C12H17N3O2/c1-3-9(7-13)6-11-14-12(15-17-11)10-4-5-16-8(10)2/h4-5,9H,3,6-7,13H2,1-2H3. The first kappa shape index (κ1) is 11.9. The monoisotopic (exact) mass is 235 g/mol. The van der Waals surface area contributed by atoms with E-state index in [1.54, 1.807) is 6.26 Å². The van der Waals surface area contributed by atoms with Crippen molar-refractivity contribution in [3.8, 4) is 11.4 Å². The molecule has 2 aromatic rings. The van der Waals surface area contributed by atoms with Crippen LogP contribution in [0.4, 0.5) is 0 Å². The van der Waals surface area contributed by atoms with Crippen LogP contribution in [-0.4, -0.2) is 16.7 Å². The molecule has 0 saturated heterocycles. The normalized spacial score (nSPS) is 12.9. The van der Waals surface area contributed by atoms with Gasteiger partial charge in [-0.05, 0) is 25.5 Å². The minimum Gasteiger partial charge on any atom is -0.469 e. The summed E-state index contributed by atoms with van der Waals surface area (Å²) in [4.78, 5) is 4.36. The van der Waals surface area contributed by atoms with E-state index < -0.39 is 0 Å². The van der Waals surface area contributed by atoms with Crippen LogP contribution < -0.4 is 5.73 Å². The molecule has 0 spiro atoms. The van der Waals surface area contributed by atoms with Gasteiger partial charge in [-0.1, -0.05) is 18.5 Å². The van der Waals surface area contributed by atoms with Crippen molar-refractivity contribution in [1.29, 1.82) is 0 Å². The van der Waals surface area contributed by atoms with E-state index in [1.165, 1.54) is 0 Å². The molecule has 0 aromatic carbocycles. The minimum absolute atomic E-state index is 0.397. The third-order valence-corrected chi connectivity index (χ3v) is 2.94. The van der Waals surface area contributed by atoms with Crippen molar-refractivity contribution in [1.82, 2.24) is 10.1 Å². The Morgan fingerprint density at radius 1 is 1.47 bits per heavy atom. The molecule has 0 amide bonds. The Morgan fingerprint density at radius 3 is 2.88 bits per heavy atom. The first-order chi connectivity index (χ1) is 8.24. The number of furan rings is 1. The van der Waals surface area contributed by atoms with Crippen LogP contribution in [0.1, 0.15) is 25.0 Å². The van der Waals surface area contributed by atoms with Gasteiger partial charge in [0.25, 0.3) is 0 Å². The zero-order valence-corrected chi connectivity index (χ0v) is 10.1. The van der Waals surface area contributed by atoms with Crippen molar-refractivity contribution in [2.75, 3.05) is 6.54 Å². The number of hydrogen-bond acceptors (Lipinski definition) is 5. The smallest absolute Gasteiger partial charge is 0.227 e. The van der Waals surface area contributed by atoms with Crippen LogP contribution in [0.3, 0.4) is 0 Å². The second-order valence-corrected chi connectivity index (χ2v) is 4.12. The molecule has 5 nitrogen and oxygen atoms in total. The Bertz CT molecular complexity index is 472. The summed E-state index contributed by atoms with van der Waals surface area (Å²) < 4.78 is 10.4. The maximum Gasteiger partial charge on any atom is 0.227 e. The molecule has 17 heavy (non-hydrogen) atoms. The van der Waals surface area contributed by atoms with Gasteiger partial charge in [-0.25, -0.2) is 0 Å². The van der Waals surface area contributed by atoms with E-state index in [-0.39, 0.29) is 0 Å². The molecule has 2 N–H and O–H groups in total. The molecule has 1 atom stereocenters. The molecule has 5 heteroatoms. The van der Waals surface area contributed by atoms with E-state index in [0.717, 1.165) is 24.2 Å². The lowest BCUT2D eigenvalue weighted by Crippen LogP contribution is -2.15. The highest BCUT2D eigenvalue weighted by atomic mass is 16.5. The van der Waals surface area contributed by atoms with E-state index >= 15 is 0 Å².